The lowest BCUT2D eigenvalue weighted by Crippen LogP contribution is -2.46. The summed E-state index contributed by atoms with van der Waals surface area (Å²) in [5, 5.41) is 2.70. The first kappa shape index (κ1) is 25.2. The molecule has 0 spiro atoms. The fraction of sp³-hybridized carbons (Fsp3) is 0.500. The number of alkyl halides is 3. The van der Waals surface area contributed by atoms with E-state index in [4.69, 9.17) is 4.74 Å². The van der Waals surface area contributed by atoms with Crippen molar-refractivity contribution in [3.63, 3.8) is 0 Å². The molecular weight excluding hydrogens is 483 g/mol. The SMILES string of the molecule is CN=C(NCC(=O)N(C)CC(F)(F)F)N(C)CCOc1ccc(F)cc1.I. The first-order chi connectivity index (χ1) is 12.1. The summed E-state index contributed by atoms with van der Waals surface area (Å²) in [4.78, 5) is 17.9. The molecule has 0 aliphatic carbocycles. The number of ether oxygens (including phenoxy) is 1. The number of rotatable bonds is 7. The molecule has 0 heterocycles. The van der Waals surface area contributed by atoms with Gasteiger partial charge >= 0.3 is 6.18 Å². The van der Waals surface area contributed by atoms with Crippen LogP contribution in [-0.2, 0) is 4.79 Å². The number of nitrogens with one attached hydrogen (secondary N) is 1. The normalized spacial score (nSPS) is 11.4. The van der Waals surface area contributed by atoms with Gasteiger partial charge in [-0.3, -0.25) is 9.79 Å². The second kappa shape index (κ2) is 11.8. The van der Waals surface area contributed by atoms with Crippen LogP contribution in [0.3, 0.4) is 0 Å². The summed E-state index contributed by atoms with van der Waals surface area (Å²) in [6.45, 7) is -0.968. The maximum Gasteiger partial charge on any atom is 0.406 e. The third-order valence-corrected chi connectivity index (χ3v) is 3.32. The summed E-state index contributed by atoms with van der Waals surface area (Å²) in [5.74, 6) is -0.230. The zero-order chi connectivity index (χ0) is 19.7. The number of likely N-dealkylation sites (N-methyl/N-ethyl adjacent to an activating group) is 2. The molecule has 0 radical (unpaired) electrons. The van der Waals surface area contributed by atoms with Gasteiger partial charge in [-0.2, -0.15) is 13.2 Å². The Bertz CT molecular complexity index is 611. The van der Waals surface area contributed by atoms with Gasteiger partial charge in [-0.15, -0.1) is 24.0 Å². The molecule has 0 saturated heterocycles. The molecule has 0 unspecified atom stereocenters. The van der Waals surface area contributed by atoms with Crippen molar-refractivity contribution in [2.45, 2.75) is 6.18 Å². The van der Waals surface area contributed by atoms with E-state index in [1.165, 1.54) is 31.3 Å². The van der Waals surface area contributed by atoms with Gasteiger partial charge in [0.25, 0.3) is 0 Å². The Kier molecular flexibility index (Phi) is 11.0. The molecule has 6 nitrogen and oxygen atoms in total. The van der Waals surface area contributed by atoms with Gasteiger partial charge in [0.05, 0.1) is 13.1 Å². The number of guanidine groups is 1. The van der Waals surface area contributed by atoms with Crippen LogP contribution in [0.4, 0.5) is 17.6 Å². The van der Waals surface area contributed by atoms with E-state index in [0.29, 0.717) is 23.2 Å². The summed E-state index contributed by atoms with van der Waals surface area (Å²) in [5.41, 5.74) is 0. The average Bonchev–Trinajstić information content (AvgIpc) is 2.55. The Morgan fingerprint density at radius 1 is 1.19 bits per heavy atom. The number of hydrogen-bond acceptors (Lipinski definition) is 3. The molecule has 1 N–H and O–H groups in total. The van der Waals surface area contributed by atoms with Crippen molar-refractivity contribution < 1.29 is 27.1 Å². The van der Waals surface area contributed by atoms with Crippen LogP contribution >= 0.6 is 24.0 Å². The molecule has 1 aromatic rings. The Labute approximate surface area is 172 Å². The summed E-state index contributed by atoms with van der Waals surface area (Å²) < 4.78 is 55.1. The number of hydrogen-bond donors (Lipinski definition) is 1. The molecule has 1 rings (SSSR count). The van der Waals surface area contributed by atoms with E-state index < -0.39 is 18.6 Å². The van der Waals surface area contributed by atoms with Crippen molar-refractivity contribution in [1.82, 2.24) is 15.1 Å². The third-order valence-electron chi connectivity index (χ3n) is 3.32. The molecule has 0 aliphatic rings. The number of amides is 1. The fourth-order valence-corrected chi connectivity index (χ4v) is 1.97. The van der Waals surface area contributed by atoms with E-state index in [2.05, 4.69) is 10.3 Å². The van der Waals surface area contributed by atoms with Crippen LogP contribution in [0.1, 0.15) is 0 Å². The number of carbonyl (C=O) groups is 1. The van der Waals surface area contributed by atoms with Crippen LogP contribution in [0.5, 0.6) is 5.75 Å². The minimum atomic E-state index is -4.44. The monoisotopic (exact) mass is 506 g/mol. The van der Waals surface area contributed by atoms with Crippen LogP contribution < -0.4 is 10.1 Å². The minimum Gasteiger partial charge on any atom is -0.492 e. The summed E-state index contributed by atoms with van der Waals surface area (Å²) in [6, 6.07) is 5.56. The zero-order valence-corrected chi connectivity index (χ0v) is 17.5. The second-order valence-electron chi connectivity index (χ2n) is 5.49. The number of carbonyl (C=O) groups excluding carboxylic acids is 1. The summed E-state index contributed by atoms with van der Waals surface area (Å²) >= 11 is 0. The standard InChI is InChI=1S/C16H22F4N4O2.HI/c1-21-15(22-10-14(25)24(3)11-16(18,19)20)23(2)8-9-26-13-6-4-12(17)5-7-13;/h4-7H,8-11H2,1-3H3,(H,21,22);1H. The van der Waals surface area contributed by atoms with Crippen LogP contribution in [-0.4, -0.2) is 75.2 Å². The molecule has 0 bridgehead atoms. The van der Waals surface area contributed by atoms with Crippen LogP contribution in [0.2, 0.25) is 0 Å². The first-order valence-electron chi connectivity index (χ1n) is 7.73. The minimum absolute atomic E-state index is 0. The van der Waals surface area contributed by atoms with Gasteiger partial charge in [0.15, 0.2) is 5.96 Å². The Balaban J connectivity index is 0.00000676. The Morgan fingerprint density at radius 2 is 1.78 bits per heavy atom. The molecule has 0 fully saturated rings. The highest BCUT2D eigenvalue weighted by Crippen LogP contribution is 2.15. The Hall–Kier alpha value is -1.79. The highest BCUT2D eigenvalue weighted by atomic mass is 127. The highest BCUT2D eigenvalue weighted by molar-refractivity contribution is 14.0. The number of halogens is 5. The lowest BCUT2D eigenvalue weighted by molar-refractivity contribution is -0.157. The van der Waals surface area contributed by atoms with Gasteiger partial charge in [0.2, 0.25) is 5.91 Å². The van der Waals surface area contributed by atoms with E-state index in [-0.39, 0.29) is 42.9 Å². The molecule has 0 aromatic heterocycles. The predicted octanol–water partition coefficient (Wildman–Crippen LogP) is 2.35. The molecule has 27 heavy (non-hydrogen) atoms. The molecule has 11 heteroatoms. The maximum absolute atomic E-state index is 12.8. The van der Waals surface area contributed by atoms with Crippen LogP contribution in [0.15, 0.2) is 29.3 Å². The molecule has 1 amide bonds. The van der Waals surface area contributed by atoms with E-state index in [9.17, 15) is 22.4 Å². The molecule has 154 valence electrons. The van der Waals surface area contributed by atoms with Crippen LogP contribution in [0.25, 0.3) is 0 Å². The van der Waals surface area contributed by atoms with Gasteiger partial charge in [-0.1, -0.05) is 0 Å². The van der Waals surface area contributed by atoms with Crippen molar-refractivity contribution in [2.75, 3.05) is 47.4 Å². The molecule has 0 saturated carbocycles. The molecular formula is C16H23F4IN4O2. The quantitative estimate of drug-likeness (QED) is 0.267. The van der Waals surface area contributed by atoms with Crippen molar-refractivity contribution >= 4 is 35.8 Å². The number of benzene rings is 1. The lowest BCUT2D eigenvalue weighted by Gasteiger charge is -2.24. The first-order valence-corrected chi connectivity index (χ1v) is 7.73. The highest BCUT2D eigenvalue weighted by Gasteiger charge is 2.31. The topological polar surface area (TPSA) is 57.2 Å². The smallest absolute Gasteiger partial charge is 0.406 e. The van der Waals surface area contributed by atoms with E-state index in [1.54, 1.807) is 11.9 Å². The number of nitrogens with zero attached hydrogens (tertiary/aromatic N) is 3. The van der Waals surface area contributed by atoms with Crippen molar-refractivity contribution in [3.8, 4) is 5.75 Å². The summed E-state index contributed by atoms with van der Waals surface area (Å²) in [6.07, 6.45) is -4.44. The molecule has 0 atom stereocenters. The Morgan fingerprint density at radius 3 is 2.30 bits per heavy atom. The molecule has 0 aliphatic heterocycles. The largest absolute Gasteiger partial charge is 0.492 e. The zero-order valence-electron chi connectivity index (χ0n) is 15.2. The van der Waals surface area contributed by atoms with E-state index in [1.807, 2.05) is 0 Å². The van der Waals surface area contributed by atoms with E-state index in [0.717, 1.165) is 7.05 Å². The lowest BCUT2D eigenvalue weighted by atomic mass is 10.3. The maximum atomic E-state index is 12.8. The van der Waals surface area contributed by atoms with Crippen molar-refractivity contribution in [3.05, 3.63) is 30.1 Å². The number of aliphatic imine (C=N–C) groups is 1. The van der Waals surface area contributed by atoms with Gasteiger partial charge in [0.1, 0.15) is 24.7 Å². The predicted molar refractivity (Wildman–Crippen MR) is 105 cm³/mol. The third kappa shape index (κ3) is 10.2. The van der Waals surface area contributed by atoms with Gasteiger partial charge in [0, 0.05) is 21.1 Å². The van der Waals surface area contributed by atoms with Crippen LogP contribution in [0, 0.1) is 5.82 Å². The molecule has 1 aromatic carbocycles. The van der Waals surface area contributed by atoms with Crippen molar-refractivity contribution in [1.29, 1.82) is 0 Å². The van der Waals surface area contributed by atoms with Gasteiger partial charge in [-0.05, 0) is 24.3 Å². The average molecular weight is 506 g/mol. The summed E-state index contributed by atoms with van der Waals surface area (Å²) in [7, 11) is 4.26. The fourth-order valence-electron chi connectivity index (χ4n) is 1.97. The van der Waals surface area contributed by atoms with Gasteiger partial charge < -0.3 is 19.9 Å². The van der Waals surface area contributed by atoms with Crippen molar-refractivity contribution in [2.24, 2.45) is 4.99 Å². The second-order valence-corrected chi connectivity index (χ2v) is 5.49. The van der Waals surface area contributed by atoms with E-state index >= 15 is 0 Å². The van der Waals surface area contributed by atoms with Gasteiger partial charge in [-0.25, -0.2) is 4.39 Å².